The van der Waals surface area contributed by atoms with E-state index in [2.05, 4.69) is 57.3 Å². The predicted octanol–water partition coefficient (Wildman–Crippen LogP) is 3.46. The van der Waals surface area contributed by atoms with Crippen LogP contribution in [0.1, 0.15) is 44.4 Å². The molecule has 1 atom stereocenters. The molecule has 0 spiro atoms. The molecule has 2 nitrogen and oxygen atoms in total. The lowest BCUT2D eigenvalue weighted by Gasteiger charge is -2.15. The van der Waals surface area contributed by atoms with Gasteiger partial charge in [-0.25, -0.2) is 0 Å². The summed E-state index contributed by atoms with van der Waals surface area (Å²) in [5.74, 6) is 0. The highest BCUT2D eigenvalue weighted by atomic mass is 16.5. The van der Waals surface area contributed by atoms with E-state index in [0.29, 0.717) is 12.1 Å². The van der Waals surface area contributed by atoms with E-state index in [1.165, 1.54) is 11.1 Å². The van der Waals surface area contributed by atoms with Gasteiger partial charge in [0.25, 0.3) is 0 Å². The first-order valence-corrected chi connectivity index (χ1v) is 6.51. The van der Waals surface area contributed by atoms with E-state index in [1.54, 1.807) is 0 Å². The Morgan fingerprint density at radius 2 is 2.00 bits per heavy atom. The highest BCUT2D eigenvalue weighted by molar-refractivity contribution is 5.24. The Balaban J connectivity index is 2.23. The van der Waals surface area contributed by atoms with Gasteiger partial charge < -0.3 is 10.1 Å². The second-order valence-corrected chi connectivity index (χ2v) is 4.86. The molecule has 0 aliphatic rings. The zero-order valence-electron chi connectivity index (χ0n) is 11.5. The van der Waals surface area contributed by atoms with Gasteiger partial charge in [0.05, 0.1) is 6.10 Å². The van der Waals surface area contributed by atoms with Crippen LogP contribution in [0.2, 0.25) is 0 Å². The Labute approximate surface area is 105 Å². The lowest BCUT2D eigenvalue weighted by Crippen LogP contribution is -2.21. The maximum absolute atomic E-state index is 5.51. The fourth-order valence-corrected chi connectivity index (χ4v) is 1.77. The van der Waals surface area contributed by atoms with Gasteiger partial charge in [0.15, 0.2) is 0 Å². The largest absolute Gasteiger partial charge is 0.379 e. The Bertz CT molecular complexity index is 322. The van der Waals surface area contributed by atoms with Crippen molar-refractivity contribution in [1.29, 1.82) is 0 Å². The molecule has 0 saturated carbocycles. The summed E-state index contributed by atoms with van der Waals surface area (Å²) in [6.45, 7) is 10.3. The second kappa shape index (κ2) is 7.46. The van der Waals surface area contributed by atoms with Gasteiger partial charge in [-0.05, 0) is 46.2 Å². The molecule has 0 radical (unpaired) electrons. The first kappa shape index (κ1) is 14.2. The molecule has 0 fully saturated rings. The van der Waals surface area contributed by atoms with Crippen molar-refractivity contribution in [2.45, 2.75) is 46.3 Å². The van der Waals surface area contributed by atoms with Crippen LogP contribution in [-0.2, 0) is 4.74 Å². The molecule has 1 aromatic carbocycles. The molecule has 96 valence electrons. The van der Waals surface area contributed by atoms with E-state index in [1.807, 2.05) is 0 Å². The van der Waals surface area contributed by atoms with Gasteiger partial charge in [-0.1, -0.05) is 29.8 Å². The summed E-state index contributed by atoms with van der Waals surface area (Å²) >= 11 is 0. The topological polar surface area (TPSA) is 21.3 Å². The minimum absolute atomic E-state index is 0.337. The van der Waals surface area contributed by atoms with E-state index in [4.69, 9.17) is 4.74 Å². The molecular weight excluding hydrogens is 210 g/mol. The Morgan fingerprint density at radius 3 is 2.65 bits per heavy atom. The van der Waals surface area contributed by atoms with E-state index in [0.717, 1.165) is 19.6 Å². The van der Waals surface area contributed by atoms with Crippen LogP contribution in [0.4, 0.5) is 0 Å². The summed E-state index contributed by atoms with van der Waals surface area (Å²) in [4.78, 5) is 0. The molecule has 2 heteroatoms. The van der Waals surface area contributed by atoms with Crippen molar-refractivity contribution in [2.24, 2.45) is 0 Å². The van der Waals surface area contributed by atoms with Gasteiger partial charge in [0.2, 0.25) is 0 Å². The van der Waals surface area contributed by atoms with Crippen molar-refractivity contribution in [3.8, 4) is 0 Å². The number of hydrogen-bond donors (Lipinski definition) is 1. The van der Waals surface area contributed by atoms with Crippen LogP contribution < -0.4 is 5.32 Å². The Morgan fingerprint density at radius 1 is 1.24 bits per heavy atom. The number of nitrogens with one attached hydrogen (secondary N) is 1. The average molecular weight is 235 g/mol. The molecule has 0 aliphatic heterocycles. The number of ether oxygens (including phenoxy) is 1. The number of aryl methyl sites for hydroxylation is 1. The molecular formula is C15H25NO. The molecule has 0 aliphatic carbocycles. The molecule has 1 N–H and O–H groups in total. The summed E-state index contributed by atoms with van der Waals surface area (Å²) < 4.78 is 5.51. The lowest BCUT2D eigenvalue weighted by molar-refractivity contribution is 0.0768. The van der Waals surface area contributed by atoms with Crippen molar-refractivity contribution in [1.82, 2.24) is 5.32 Å². The quantitative estimate of drug-likeness (QED) is 0.731. The van der Waals surface area contributed by atoms with Gasteiger partial charge in [-0.15, -0.1) is 0 Å². The molecule has 1 aromatic rings. The normalized spacial score (nSPS) is 13.0. The van der Waals surface area contributed by atoms with Gasteiger partial charge in [0, 0.05) is 12.6 Å². The molecule has 0 bridgehead atoms. The third-order valence-corrected chi connectivity index (χ3v) is 2.76. The summed E-state index contributed by atoms with van der Waals surface area (Å²) in [5.41, 5.74) is 2.68. The van der Waals surface area contributed by atoms with Crippen molar-refractivity contribution in [3.05, 3.63) is 35.4 Å². The summed E-state index contributed by atoms with van der Waals surface area (Å²) in [7, 11) is 0. The van der Waals surface area contributed by atoms with Crippen LogP contribution in [0.3, 0.4) is 0 Å². The molecule has 0 amide bonds. The van der Waals surface area contributed by atoms with Crippen LogP contribution in [-0.4, -0.2) is 19.3 Å². The third kappa shape index (κ3) is 5.85. The second-order valence-electron chi connectivity index (χ2n) is 4.86. The Hall–Kier alpha value is -0.860. The van der Waals surface area contributed by atoms with Gasteiger partial charge >= 0.3 is 0 Å². The van der Waals surface area contributed by atoms with Crippen LogP contribution >= 0.6 is 0 Å². The third-order valence-electron chi connectivity index (χ3n) is 2.76. The minimum Gasteiger partial charge on any atom is -0.379 e. The number of hydrogen-bond acceptors (Lipinski definition) is 2. The average Bonchev–Trinajstić information content (AvgIpc) is 2.28. The molecule has 0 heterocycles. The van der Waals surface area contributed by atoms with Gasteiger partial charge in [-0.3, -0.25) is 0 Å². The highest BCUT2D eigenvalue weighted by Crippen LogP contribution is 2.13. The van der Waals surface area contributed by atoms with Crippen molar-refractivity contribution in [2.75, 3.05) is 13.2 Å². The van der Waals surface area contributed by atoms with Crippen LogP contribution in [0.15, 0.2) is 24.3 Å². The van der Waals surface area contributed by atoms with Gasteiger partial charge in [-0.2, -0.15) is 0 Å². The van der Waals surface area contributed by atoms with E-state index < -0.39 is 0 Å². The van der Waals surface area contributed by atoms with E-state index >= 15 is 0 Å². The van der Waals surface area contributed by atoms with Crippen LogP contribution in [0, 0.1) is 6.92 Å². The maximum atomic E-state index is 5.51. The molecule has 1 unspecified atom stereocenters. The summed E-state index contributed by atoms with van der Waals surface area (Å²) in [5, 5.41) is 3.52. The predicted molar refractivity (Wildman–Crippen MR) is 73.3 cm³/mol. The molecule has 0 saturated heterocycles. The molecule has 17 heavy (non-hydrogen) atoms. The Kier molecular flexibility index (Phi) is 6.23. The molecule has 1 rings (SSSR count). The fourth-order valence-electron chi connectivity index (χ4n) is 1.77. The highest BCUT2D eigenvalue weighted by Gasteiger charge is 2.03. The minimum atomic E-state index is 0.337. The summed E-state index contributed by atoms with van der Waals surface area (Å²) in [6, 6.07) is 9.07. The van der Waals surface area contributed by atoms with Crippen molar-refractivity contribution in [3.63, 3.8) is 0 Å². The number of rotatable bonds is 7. The maximum Gasteiger partial charge on any atom is 0.0518 e. The van der Waals surface area contributed by atoms with Crippen LogP contribution in [0.25, 0.3) is 0 Å². The molecule has 0 aromatic heterocycles. The van der Waals surface area contributed by atoms with Crippen molar-refractivity contribution >= 4 is 0 Å². The lowest BCUT2D eigenvalue weighted by atomic mass is 10.1. The first-order chi connectivity index (χ1) is 8.09. The van der Waals surface area contributed by atoms with Gasteiger partial charge in [0.1, 0.15) is 0 Å². The van der Waals surface area contributed by atoms with Crippen LogP contribution in [0.5, 0.6) is 0 Å². The fraction of sp³-hybridized carbons (Fsp3) is 0.600. The zero-order chi connectivity index (χ0) is 12.7. The van der Waals surface area contributed by atoms with E-state index in [9.17, 15) is 0 Å². The van der Waals surface area contributed by atoms with Crippen molar-refractivity contribution < 1.29 is 4.74 Å². The zero-order valence-corrected chi connectivity index (χ0v) is 11.5. The summed E-state index contributed by atoms with van der Waals surface area (Å²) in [6.07, 6.45) is 1.40. The smallest absolute Gasteiger partial charge is 0.0518 e. The first-order valence-electron chi connectivity index (χ1n) is 6.51. The van der Waals surface area contributed by atoms with E-state index in [-0.39, 0.29) is 0 Å². The standard InChI is InChI=1S/C15H25NO/c1-12(2)17-10-6-9-16-14(4)15-8-5-7-13(3)11-15/h5,7-8,11-12,14,16H,6,9-10H2,1-4H3. The number of benzene rings is 1. The SMILES string of the molecule is Cc1cccc(C(C)NCCCOC(C)C)c1. The monoisotopic (exact) mass is 235 g/mol.